The van der Waals surface area contributed by atoms with Gasteiger partial charge in [-0.05, 0) is 36.9 Å². The van der Waals surface area contributed by atoms with Crippen LogP contribution in [0, 0.1) is 0 Å². The van der Waals surface area contributed by atoms with Crippen LogP contribution in [0.25, 0.3) is 17.0 Å². The van der Waals surface area contributed by atoms with Crippen molar-refractivity contribution in [1.29, 1.82) is 0 Å². The molecule has 0 N–H and O–H groups in total. The number of aromatic nitrogens is 3. The standard InChI is InChI=1S/C23H21ClN4O3/c1-3-11-27-21(29)19(20(23(27)31)26-12-6-5-7-13-26)18-17(4-2)25-28(22(18)30)16-10-8-9-15(24)14-16/h5-10,12-14H,3-4,11H2,1-2H3. The number of rotatable bonds is 6. The maximum Gasteiger partial charge on any atom is 0.326 e. The monoisotopic (exact) mass is 436 g/mol. The van der Waals surface area contributed by atoms with Crippen LogP contribution in [0.1, 0.15) is 31.5 Å². The summed E-state index contributed by atoms with van der Waals surface area (Å²) in [5.74, 6) is -1.35. The molecule has 0 atom stereocenters. The van der Waals surface area contributed by atoms with E-state index >= 15 is 0 Å². The predicted molar refractivity (Wildman–Crippen MR) is 114 cm³/mol. The van der Waals surface area contributed by atoms with Gasteiger partial charge in [0.05, 0.1) is 11.4 Å². The number of pyridine rings is 1. The number of carbonyl (C=O) groups excluding carboxylic acids is 2. The van der Waals surface area contributed by atoms with Gasteiger partial charge in [0, 0.05) is 29.3 Å². The molecular formula is C23H21ClN4O3. The Kier molecular flexibility index (Phi) is 5.61. The van der Waals surface area contributed by atoms with Gasteiger partial charge in [-0.15, -0.1) is 0 Å². The summed E-state index contributed by atoms with van der Waals surface area (Å²) in [7, 11) is 0. The number of hydrogen-bond donors (Lipinski definition) is 0. The van der Waals surface area contributed by atoms with Crippen LogP contribution in [0.4, 0.5) is 0 Å². The van der Waals surface area contributed by atoms with E-state index in [1.807, 2.05) is 19.9 Å². The molecule has 0 bridgehead atoms. The molecule has 4 rings (SSSR count). The lowest BCUT2D eigenvalue weighted by atomic mass is 10.0. The highest BCUT2D eigenvalue weighted by Gasteiger charge is 2.46. The Labute approximate surface area is 184 Å². The van der Waals surface area contributed by atoms with E-state index in [1.165, 1.54) is 9.58 Å². The normalized spacial score (nSPS) is 14.1. The Morgan fingerprint density at radius 3 is 2.45 bits per heavy atom. The van der Waals surface area contributed by atoms with Gasteiger partial charge in [0.2, 0.25) is 0 Å². The first-order valence-corrected chi connectivity index (χ1v) is 10.5. The largest absolute Gasteiger partial charge is 0.858 e. The highest BCUT2D eigenvalue weighted by atomic mass is 35.5. The molecule has 8 heteroatoms. The molecule has 3 aromatic rings. The fourth-order valence-electron chi connectivity index (χ4n) is 3.73. The fraction of sp³-hybridized carbons (Fsp3) is 0.217. The summed E-state index contributed by atoms with van der Waals surface area (Å²) in [6.45, 7) is 4.02. The lowest BCUT2D eigenvalue weighted by molar-refractivity contribution is -0.576. The van der Waals surface area contributed by atoms with E-state index in [1.54, 1.807) is 53.4 Å². The number of benzene rings is 1. The molecule has 7 nitrogen and oxygen atoms in total. The molecule has 0 spiro atoms. The van der Waals surface area contributed by atoms with Gasteiger partial charge in [-0.2, -0.15) is 9.67 Å². The Morgan fingerprint density at radius 2 is 1.81 bits per heavy atom. The van der Waals surface area contributed by atoms with Gasteiger partial charge in [0.25, 0.3) is 11.6 Å². The summed E-state index contributed by atoms with van der Waals surface area (Å²) in [6, 6.07) is 12.1. The van der Waals surface area contributed by atoms with Gasteiger partial charge >= 0.3 is 5.91 Å². The number of nitrogens with zero attached hydrogens (tertiary/aromatic N) is 4. The lowest BCUT2D eigenvalue weighted by Crippen LogP contribution is -2.39. The van der Waals surface area contributed by atoms with E-state index in [9.17, 15) is 14.7 Å². The first kappa shape index (κ1) is 20.8. The molecule has 1 aromatic carbocycles. The average Bonchev–Trinajstić information content (AvgIpc) is 3.22. The maximum absolute atomic E-state index is 13.5. The van der Waals surface area contributed by atoms with E-state index < -0.39 is 17.7 Å². The van der Waals surface area contributed by atoms with Crippen LogP contribution < -0.4 is 9.67 Å². The fourth-order valence-corrected chi connectivity index (χ4v) is 3.91. The molecule has 0 saturated carbocycles. The van der Waals surface area contributed by atoms with Crippen molar-refractivity contribution in [3.8, 4) is 11.6 Å². The molecule has 158 valence electrons. The Balaban J connectivity index is 1.98. The summed E-state index contributed by atoms with van der Waals surface area (Å²) >= 11 is 6.09. The SMILES string of the molecule is CCCN1C(=O)C(c2c(CC)nn(-c3cccc(Cl)c3)c2[O-])=C([n+]2ccccc2)C1=O. The van der Waals surface area contributed by atoms with Crippen LogP contribution in [0.2, 0.25) is 5.02 Å². The van der Waals surface area contributed by atoms with Crippen LogP contribution in [0.3, 0.4) is 0 Å². The smallest absolute Gasteiger partial charge is 0.326 e. The minimum Gasteiger partial charge on any atom is -0.858 e. The number of imide groups is 1. The molecule has 1 aliphatic rings. The van der Waals surface area contributed by atoms with Gasteiger partial charge in [-0.1, -0.05) is 37.6 Å². The van der Waals surface area contributed by atoms with Crippen molar-refractivity contribution in [3.63, 3.8) is 0 Å². The molecule has 0 saturated heterocycles. The van der Waals surface area contributed by atoms with Crippen molar-refractivity contribution in [1.82, 2.24) is 14.7 Å². The predicted octanol–water partition coefficient (Wildman–Crippen LogP) is 2.60. The number of amides is 2. The van der Waals surface area contributed by atoms with Crippen molar-refractivity contribution in [3.05, 3.63) is 71.1 Å². The zero-order valence-electron chi connectivity index (χ0n) is 17.2. The van der Waals surface area contributed by atoms with Crippen molar-refractivity contribution >= 4 is 34.7 Å². The van der Waals surface area contributed by atoms with Crippen LogP contribution >= 0.6 is 11.6 Å². The molecule has 0 unspecified atom stereocenters. The van der Waals surface area contributed by atoms with E-state index in [2.05, 4.69) is 5.10 Å². The van der Waals surface area contributed by atoms with Crippen molar-refractivity contribution in [2.45, 2.75) is 26.7 Å². The molecule has 0 fully saturated rings. The third-order valence-electron chi connectivity index (χ3n) is 5.12. The maximum atomic E-state index is 13.5. The second kappa shape index (κ2) is 8.35. The number of carbonyl (C=O) groups is 2. The summed E-state index contributed by atoms with van der Waals surface area (Å²) < 4.78 is 2.82. The highest BCUT2D eigenvalue weighted by molar-refractivity contribution is 6.44. The second-order valence-electron chi connectivity index (χ2n) is 7.14. The first-order valence-electron chi connectivity index (χ1n) is 10.1. The van der Waals surface area contributed by atoms with Crippen LogP contribution in [-0.2, 0) is 16.0 Å². The van der Waals surface area contributed by atoms with Crippen molar-refractivity contribution in [2.75, 3.05) is 6.54 Å². The molecule has 1 aliphatic heterocycles. The second-order valence-corrected chi connectivity index (χ2v) is 7.58. The van der Waals surface area contributed by atoms with Gasteiger partial charge in [0.15, 0.2) is 12.4 Å². The lowest BCUT2D eigenvalue weighted by Gasteiger charge is -2.15. The van der Waals surface area contributed by atoms with E-state index in [4.69, 9.17) is 11.6 Å². The van der Waals surface area contributed by atoms with Crippen LogP contribution in [-0.4, -0.2) is 33.0 Å². The summed E-state index contributed by atoms with van der Waals surface area (Å²) in [6.07, 6.45) is 4.41. The van der Waals surface area contributed by atoms with Gasteiger partial charge in [-0.25, -0.2) is 4.68 Å². The van der Waals surface area contributed by atoms with Crippen molar-refractivity contribution in [2.24, 2.45) is 0 Å². The molecule has 0 aliphatic carbocycles. The number of halogens is 1. The third-order valence-corrected chi connectivity index (χ3v) is 5.35. The summed E-state index contributed by atoms with van der Waals surface area (Å²) in [4.78, 5) is 27.7. The van der Waals surface area contributed by atoms with E-state index in [0.29, 0.717) is 29.2 Å². The quantitative estimate of drug-likeness (QED) is 0.439. The minimum atomic E-state index is -0.476. The zero-order valence-corrected chi connectivity index (χ0v) is 18.0. The van der Waals surface area contributed by atoms with Gasteiger partial charge < -0.3 is 5.11 Å². The van der Waals surface area contributed by atoms with E-state index in [-0.39, 0.29) is 23.4 Å². The minimum absolute atomic E-state index is 0.0878. The summed E-state index contributed by atoms with van der Waals surface area (Å²) in [5, 5.41) is 18.4. The molecular weight excluding hydrogens is 416 g/mol. The Bertz CT molecular complexity index is 1200. The van der Waals surface area contributed by atoms with Gasteiger partial charge in [-0.3, -0.25) is 14.5 Å². The molecule has 0 radical (unpaired) electrons. The highest BCUT2D eigenvalue weighted by Crippen LogP contribution is 2.37. The van der Waals surface area contributed by atoms with Crippen molar-refractivity contribution < 1.29 is 19.3 Å². The molecule has 31 heavy (non-hydrogen) atoms. The average molecular weight is 437 g/mol. The summed E-state index contributed by atoms with van der Waals surface area (Å²) in [5.41, 5.74) is 1.36. The number of aryl methyl sites for hydroxylation is 1. The van der Waals surface area contributed by atoms with Crippen LogP contribution in [0.5, 0.6) is 5.88 Å². The van der Waals surface area contributed by atoms with Crippen LogP contribution in [0.15, 0.2) is 54.9 Å². The Hall–Kier alpha value is -3.45. The van der Waals surface area contributed by atoms with E-state index in [0.717, 1.165) is 0 Å². The number of hydrogen-bond acceptors (Lipinski definition) is 4. The third kappa shape index (κ3) is 3.51. The van der Waals surface area contributed by atoms with Gasteiger partial charge in [0.1, 0.15) is 5.57 Å². The molecule has 3 heterocycles. The Morgan fingerprint density at radius 1 is 1.06 bits per heavy atom. The topological polar surface area (TPSA) is 82.1 Å². The zero-order chi connectivity index (χ0) is 22.1. The molecule has 2 amide bonds. The molecule has 2 aromatic heterocycles. The first-order chi connectivity index (χ1) is 15.0.